The van der Waals surface area contributed by atoms with Crippen LogP contribution in [0.3, 0.4) is 0 Å². The Balaban J connectivity index is 1.88. The molecular formula is C21H21NO3. The number of methoxy groups -OCH3 is 1. The number of ether oxygens (including phenoxy) is 2. The van der Waals surface area contributed by atoms with Gasteiger partial charge in [0.25, 0.3) is 0 Å². The molecule has 0 radical (unpaired) electrons. The quantitative estimate of drug-likeness (QED) is 0.653. The fraction of sp³-hybridized carbons (Fsp3) is 0.190. The van der Waals surface area contributed by atoms with Crippen LogP contribution in [0.1, 0.15) is 18.2 Å². The lowest BCUT2D eigenvalue weighted by Crippen LogP contribution is -2.25. The van der Waals surface area contributed by atoms with Crippen molar-refractivity contribution in [2.75, 3.05) is 7.11 Å². The third-order valence-corrected chi connectivity index (χ3v) is 4.18. The van der Waals surface area contributed by atoms with Gasteiger partial charge in [-0.25, -0.2) is 4.79 Å². The first-order valence-electron chi connectivity index (χ1n) is 8.16. The number of nitrogens with zero attached hydrogens (tertiary/aromatic N) is 1. The molecule has 3 aromatic rings. The molecule has 0 unspecified atom stereocenters. The lowest BCUT2D eigenvalue weighted by Gasteiger charge is -2.14. The summed E-state index contributed by atoms with van der Waals surface area (Å²) < 4.78 is 12.6. The fourth-order valence-corrected chi connectivity index (χ4v) is 2.78. The second-order valence-electron chi connectivity index (χ2n) is 5.84. The zero-order chi connectivity index (χ0) is 17.8. The number of fused-ring (bicyclic) bond motifs is 1. The molecule has 0 saturated carbocycles. The van der Waals surface area contributed by atoms with Crippen LogP contribution < -0.4 is 4.74 Å². The number of hydrogen-bond donors (Lipinski definition) is 0. The molecule has 2 aromatic carbocycles. The van der Waals surface area contributed by atoms with Gasteiger partial charge in [-0.05, 0) is 37.3 Å². The second-order valence-corrected chi connectivity index (χ2v) is 5.84. The van der Waals surface area contributed by atoms with Crippen LogP contribution in [-0.2, 0) is 16.6 Å². The lowest BCUT2D eigenvalue weighted by molar-refractivity contribution is -0.147. The number of rotatable bonds is 5. The van der Waals surface area contributed by atoms with E-state index in [1.54, 1.807) is 6.92 Å². The predicted octanol–water partition coefficient (Wildman–Crippen LogP) is 4.29. The van der Waals surface area contributed by atoms with Crippen molar-refractivity contribution in [1.82, 2.24) is 4.57 Å². The average Bonchev–Trinajstić information content (AvgIpc) is 2.96. The molecule has 0 saturated heterocycles. The van der Waals surface area contributed by atoms with E-state index in [9.17, 15) is 4.79 Å². The first kappa shape index (κ1) is 16.8. The van der Waals surface area contributed by atoms with E-state index < -0.39 is 12.1 Å². The molecule has 4 heteroatoms. The summed E-state index contributed by atoms with van der Waals surface area (Å²) in [5.74, 6) is 0.253. The van der Waals surface area contributed by atoms with Gasteiger partial charge in [-0.1, -0.05) is 36.4 Å². The summed E-state index contributed by atoms with van der Waals surface area (Å²) in [5.41, 5.74) is 3.19. The molecular weight excluding hydrogens is 314 g/mol. The zero-order valence-electron chi connectivity index (χ0n) is 14.6. The minimum absolute atomic E-state index is 0.396. The Bertz CT molecular complexity index is 924. The first-order valence-corrected chi connectivity index (χ1v) is 8.16. The topological polar surface area (TPSA) is 40.5 Å². The van der Waals surface area contributed by atoms with Gasteiger partial charge < -0.3 is 14.0 Å². The van der Waals surface area contributed by atoms with E-state index >= 15 is 0 Å². The lowest BCUT2D eigenvalue weighted by atomic mass is 10.1. The van der Waals surface area contributed by atoms with E-state index in [0.29, 0.717) is 5.75 Å². The third kappa shape index (κ3) is 3.58. The van der Waals surface area contributed by atoms with Gasteiger partial charge in [-0.3, -0.25) is 0 Å². The molecule has 4 nitrogen and oxygen atoms in total. The van der Waals surface area contributed by atoms with Crippen molar-refractivity contribution in [2.24, 2.45) is 7.05 Å². The smallest absolute Gasteiger partial charge is 0.346 e. The SMILES string of the molecule is COC(=O)[C@@H](C)Oc1ccccc1/C=C/c1cc2ccccc2n1C. The molecule has 0 amide bonds. The molecule has 0 aliphatic rings. The molecule has 128 valence electrons. The van der Waals surface area contributed by atoms with Gasteiger partial charge in [-0.2, -0.15) is 0 Å². The van der Waals surface area contributed by atoms with Crippen LogP contribution in [0.15, 0.2) is 54.6 Å². The standard InChI is InChI=1S/C21H21NO3/c1-15(21(23)24-3)25-20-11-7-5-8-16(20)12-13-18-14-17-9-4-6-10-19(17)22(18)2/h4-15H,1-3H3/b13-12+/t15-/m1/s1. The third-order valence-electron chi connectivity index (χ3n) is 4.18. The first-order chi connectivity index (χ1) is 12.1. The molecule has 0 spiro atoms. The maximum absolute atomic E-state index is 11.6. The maximum atomic E-state index is 11.6. The van der Waals surface area contributed by atoms with Crippen molar-refractivity contribution in [3.63, 3.8) is 0 Å². The van der Waals surface area contributed by atoms with Crippen LogP contribution in [0.25, 0.3) is 23.1 Å². The van der Waals surface area contributed by atoms with E-state index in [4.69, 9.17) is 9.47 Å². The number of carbonyl (C=O) groups is 1. The van der Waals surface area contributed by atoms with Crippen LogP contribution in [-0.4, -0.2) is 23.8 Å². The number of esters is 1. The monoisotopic (exact) mass is 335 g/mol. The summed E-state index contributed by atoms with van der Waals surface area (Å²) in [4.78, 5) is 11.6. The summed E-state index contributed by atoms with van der Waals surface area (Å²) in [6, 6.07) is 18.0. The van der Waals surface area contributed by atoms with Gasteiger partial charge in [0.15, 0.2) is 6.10 Å². The maximum Gasteiger partial charge on any atom is 0.346 e. The number of carbonyl (C=O) groups excluding carboxylic acids is 1. The van der Waals surface area contributed by atoms with Crippen molar-refractivity contribution in [2.45, 2.75) is 13.0 Å². The van der Waals surface area contributed by atoms with Gasteiger partial charge in [0.2, 0.25) is 0 Å². The van der Waals surface area contributed by atoms with Crippen molar-refractivity contribution in [1.29, 1.82) is 0 Å². The van der Waals surface area contributed by atoms with Crippen molar-refractivity contribution < 1.29 is 14.3 Å². The summed E-state index contributed by atoms with van der Waals surface area (Å²) in [6.07, 6.45) is 3.38. The largest absolute Gasteiger partial charge is 0.478 e. The highest BCUT2D eigenvalue weighted by atomic mass is 16.6. The van der Waals surface area contributed by atoms with Crippen LogP contribution in [0.2, 0.25) is 0 Å². The molecule has 0 fully saturated rings. The molecule has 0 aliphatic heterocycles. The molecule has 0 bridgehead atoms. The molecule has 1 aromatic heterocycles. The fourth-order valence-electron chi connectivity index (χ4n) is 2.78. The van der Waals surface area contributed by atoms with Crippen molar-refractivity contribution >= 4 is 29.0 Å². The Kier molecular flexibility index (Phi) is 4.89. The normalized spacial score (nSPS) is 12.4. The minimum Gasteiger partial charge on any atom is -0.478 e. The molecule has 0 aliphatic carbocycles. The van der Waals surface area contributed by atoms with Gasteiger partial charge in [0, 0.05) is 29.2 Å². The molecule has 1 heterocycles. The van der Waals surface area contributed by atoms with Gasteiger partial charge >= 0.3 is 5.97 Å². The Morgan fingerprint density at radius 2 is 1.80 bits per heavy atom. The Morgan fingerprint density at radius 1 is 1.08 bits per heavy atom. The number of aryl methyl sites for hydroxylation is 1. The van der Waals surface area contributed by atoms with Gasteiger partial charge in [-0.15, -0.1) is 0 Å². The summed E-state index contributed by atoms with van der Waals surface area (Å²) in [7, 11) is 3.40. The van der Waals surface area contributed by atoms with Crippen LogP contribution in [0.4, 0.5) is 0 Å². The van der Waals surface area contributed by atoms with Gasteiger partial charge in [0.1, 0.15) is 5.75 Å². The number of para-hydroxylation sites is 2. The zero-order valence-corrected chi connectivity index (χ0v) is 14.6. The highest BCUT2D eigenvalue weighted by molar-refractivity contribution is 5.85. The van der Waals surface area contributed by atoms with Crippen molar-refractivity contribution in [3.05, 3.63) is 65.9 Å². The van der Waals surface area contributed by atoms with Gasteiger partial charge in [0.05, 0.1) is 7.11 Å². The summed E-state index contributed by atoms with van der Waals surface area (Å²) >= 11 is 0. The van der Waals surface area contributed by atoms with Crippen molar-refractivity contribution in [3.8, 4) is 5.75 Å². The predicted molar refractivity (Wildman–Crippen MR) is 100 cm³/mol. The van der Waals surface area contributed by atoms with E-state index in [1.165, 1.54) is 18.0 Å². The Labute approximate surface area is 147 Å². The van der Waals surface area contributed by atoms with Crippen LogP contribution in [0.5, 0.6) is 5.75 Å². The van der Waals surface area contributed by atoms with E-state index in [0.717, 1.165) is 11.3 Å². The average molecular weight is 335 g/mol. The number of aromatic nitrogens is 1. The highest BCUT2D eigenvalue weighted by Gasteiger charge is 2.15. The second kappa shape index (κ2) is 7.26. The number of hydrogen-bond acceptors (Lipinski definition) is 3. The summed E-state index contributed by atoms with van der Waals surface area (Å²) in [5, 5.41) is 1.20. The Morgan fingerprint density at radius 3 is 2.56 bits per heavy atom. The Hall–Kier alpha value is -3.01. The number of benzene rings is 2. The molecule has 1 atom stereocenters. The van der Waals surface area contributed by atoms with Crippen LogP contribution >= 0.6 is 0 Å². The van der Waals surface area contributed by atoms with E-state index in [2.05, 4.69) is 22.8 Å². The van der Waals surface area contributed by atoms with E-state index in [1.807, 2.05) is 55.6 Å². The van der Waals surface area contributed by atoms with E-state index in [-0.39, 0.29) is 0 Å². The molecule has 0 N–H and O–H groups in total. The summed E-state index contributed by atoms with van der Waals surface area (Å²) in [6.45, 7) is 1.68. The minimum atomic E-state index is -0.655. The molecule has 3 rings (SSSR count). The molecule has 25 heavy (non-hydrogen) atoms. The van der Waals surface area contributed by atoms with Crippen LogP contribution in [0, 0.1) is 0 Å². The highest BCUT2D eigenvalue weighted by Crippen LogP contribution is 2.24.